The number of thiazole rings is 1. The topological polar surface area (TPSA) is 96.3 Å². The number of nitrogens with zero attached hydrogens (tertiary/aromatic N) is 2. The van der Waals surface area contributed by atoms with E-state index < -0.39 is 0 Å². The van der Waals surface area contributed by atoms with Crippen LogP contribution in [0.25, 0.3) is 11.3 Å². The molecule has 2 unspecified atom stereocenters. The van der Waals surface area contributed by atoms with Gasteiger partial charge in [0, 0.05) is 30.4 Å². The van der Waals surface area contributed by atoms with E-state index in [9.17, 15) is 14.7 Å². The first-order valence-corrected chi connectivity index (χ1v) is 14.5. The minimum absolute atomic E-state index is 0.0472. The van der Waals surface area contributed by atoms with Crippen molar-refractivity contribution in [3.05, 3.63) is 59.2 Å². The number of amides is 2. The summed E-state index contributed by atoms with van der Waals surface area (Å²) in [6.07, 6.45) is 8.89. The van der Waals surface area contributed by atoms with Crippen molar-refractivity contribution in [3.8, 4) is 11.3 Å². The monoisotopic (exact) mass is 542 g/mol. The lowest BCUT2D eigenvalue weighted by Crippen LogP contribution is -2.32. The second-order valence-electron chi connectivity index (χ2n) is 9.24. The van der Waals surface area contributed by atoms with Crippen molar-refractivity contribution < 1.29 is 14.7 Å². The summed E-state index contributed by atoms with van der Waals surface area (Å²) in [6.45, 7) is 12.5. The first-order valence-electron chi connectivity index (χ1n) is 13.6. The maximum Gasteiger partial charge on any atom is 0.253 e. The number of aliphatic hydroxyl groups is 1. The molecule has 1 aromatic carbocycles. The van der Waals surface area contributed by atoms with Crippen LogP contribution in [0.5, 0.6) is 0 Å². The fraction of sp³-hybridized carbons (Fsp3) is 0.500. The number of benzene rings is 1. The van der Waals surface area contributed by atoms with Gasteiger partial charge in [-0.1, -0.05) is 71.2 Å². The molecular formula is C30H46N4O3S. The van der Waals surface area contributed by atoms with Crippen molar-refractivity contribution in [1.29, 1.82) is 0 Å². The highest BCUT2D eigenvalue weighted by molar-refractivity contribution is 7.14. The predicted octanol–water partition coefficient (Wildman–Crippen LogP) is 6.83. The predicted molar refractivity (Wildman–Crippen MR) is 160 cm³/mol. The van der Waals surface area contributed by atoms with Crippen LogP contribution in [-0.2, 0) is 11.8 Å². The zero-order chi connectivity index (χ0) is 28.5. The number of nitrogens with one attached hydrogen (secondary N) is 2. The van der Waals surface area contributed by atoms with Gasteiger partial charge in [0.15, 0.2) is 5.13 Å². The van der Waals surface area contributed by atoms with Gasteiger partial charge < -0.3 is 20.3 Å². The zero-order valence-corrected chi connectivity index (χ0v) is 24.9. The molecule has 0 aliphatic heterocycles. The Labute approximate surface area is 232 Å². The van der Waals surface area contributed by atoms with Gasteiger partial charge in [0.05, 0.1) is 23.9 Å². The first kappa shape index (κ1) is 33.1. The third kappa shape index (κ3) is 12.5. The minimum Gasteiger partial charge on any atom is -0.393 e. The molecule has 2 heterocycles. The summed E-state index contributed by atoms with van der Waals surface area (Å²) in [6, 6.07) is 9.71. The zero-order valence-electron chi connectivity index (χ0n) is 24.1. The summed E-state index contributed by atoms with van der Waals surface area (Å²) in [5.74, 6) is 0.186. The molecule has 0 fully saturated rings. The highest BCUT2D eigenvalue weighted by atomic mass is 32.1. The molecule has 3 N–H and O–H groups in total. The lowest BCUT2D eigenvalue weighted by atomic mass is 9.99. The normalized spacial score (nSPS) is 11.8. The summed E-state index contributed by atoms with van der Waals surface area (Å²) in [5.41, 5.74) is 3.50. The van der Waals surface area contributed by atoms with Crippen LogP contribution in [0.15, 0.2) is 48.1 Å². The quantitative estimate of drug-likeness (QED) is 0.248. The molecule has 0 saturated carbocycles. The molecule has 3 aromatic rings. The Morgan fingerprint density at radius 3 is 2.47 bits per heavy atom. The Hall–Kier alpha value is -2.97. The number of aromatic nitrogens is 2. The molecule has 0 radical (unpaired) electrons. The van der Waals surface area contributed by atoms with Gasteiger partial charge in [-0.25, -0.2) is 4.98 Å². The van der Waals surface area contributed by atoms with E-state index in [1.165, 1.54) is 24.2 Å². The molecule has 2 atom stereocenters. The van der Waals surface area contributed by atoms with E-state index in [1.807, 2.05) is 57.5 Å². The third-order valence-electron chi connectivity index (χ3n) is 5.88. The van der Waals surface area contributed by atoms with Crippen LogP contribution in [0.4, 0.5) is 5.13 Å². The summed E-state index contributed by atoms with van der Waals surface area (Å²) in [5, 5.41) is 17.1. The van der Waals surface area contributed by atoms with E-state index in [0.29, 0.717) is 10.7 Å². The average Bonchev–Trinajstić information content (AvgIpc) is 3.57. The van der Waals surface area contributed by atoms with Gasteiger partial charge in [-0.15, -0.1) is 11.3 Å². The van der Waals surface area contributed by atoms with E-state index in [4.69, 9.17) is 0 Å². The maximum absolute atomic E-state index is 12.0. The molecule has 0 saturated heterocycles. The number of hydrogen-bond acceptors (Lipinski definition) is 5. The standard InChI is InChI=1S/C18H18N4O2S.C10H22O.C2H6/c1-12-4-3-5-13(8-12)15-11-25-18(20-15)21-16(23)9-19-17(24)14-6-7-22(2)10-14;1-4-6-10(11)8-7-9(3)5-2;1-2/h3-8,10-11H,9H2,1-2H3,(H,19,24)(H,20,21,23);9-11H,4-8H2,1-3H3;1-2H3. The fourth-order valence-electron chi connectivity index (χ4n) is 3.49. The van der Waals surface area contributed by atoms with E-state index in [1.54, 1.807) is 23.0 Å². The second kappa shape index (κ2) is 18.3. The molecule has 7 nitrogen and oxygen atoms in total. The number of rotatable bonds is 11. The number of aryl methyl sites for hydroxylation is 2. The van der Waals surface area contributed by atoms with Crippen molar-refractivity contribution in [2.75, 3.05) is 11.9 Å². The van der Waals surface area contributed by atoms with Crippen molar-refractivity contribution in [3.63, 3.8) is 0 Å². The van der Waals surface area contributed by atoms with Crippen molar-refractivity contribution in [1.82, 2.24) is 14.9 Å². The van der Waals surface area contributed by atoms with Crippen LogP contribution in [-0.4, -0.2) is 39.1 Å². The third-order valence-corrected chi connectivity index (χ3v) is 6.64. The van der Waals surface area contributed by atoms with Gasteiger partial charge in [-0.3, -0.25) is 9.59 Å². The Kier molecular flexibility index (Phi) is 15.9. The van der Waals surface area contributed by atoms with Crippen LogP contribution in [0.2, 0.25) is 0 Å². The fourth-order valence-corrected chi connectivity index (χ4v) is 4.23. The molecule has 0 bridgehead atoms. The number of anilines is 1. The summed E-state index contributed by atoms with van der Waals surface area (Å²) in [4.78, 5) is 28.3. The molecule has 210 valence electrons. The van der Waals surface area contributed by atoms with E-state index in [0.717, 1.165) is 42.0 Å². The van der Waals surface area contributed by atoms with Gasteiger partial charge in [-0.2, -0.15) is 0 Å². The first-order chi connectivity index (χ1) is 18.2. The van der Waals surface area contributed by atoms with Gasteiger partial charge in [0.1, 0.15) is 0 Å². The van der Waals surface area contributed by atoms with Crippen LogP contribution in [0.3, 0.4) is 0 Å². The van der Waals surface area contributed by atoms with Crippen LogP contribution in [0.1, 0.15) is 82.6 Å². The molecule has 2 amide bonds. The van der Waals surface area contributed by atoms with Crippen LogP contribution in [0, 0.1) is 12.8 Å². The molecule has 0 spiro atoms. The number of aliphatic hydroxyl groups excluding tert-OH is 1. The van der Waals surface area contributed by atoms with Crippen LogP contribution < -0.4 is 10.6 Å². The van der Waals surface area contributed by atoms with Gasteiger partial charge in [-0.05, 0) is 44.2 Å². The van der Waals surface area contributed by atoms with E-state index >= 15 is 0 Å². The van der Waals surface area contributed by atoms with Crippen molar-refractivity contribution >= 4 is 28.3 Å². The molecule has 0 aliphatic rings. The lowest BCUT2D eigenvalue weighted by Gasteiger charge is -2.12. The minimum atomic E-state index is -0.311. The molecule has 0 aliphatic carbocycles. The largest absolute Gasteiger partial charge is 0.393 e. The number of carbonyl (C=O) groups excluding carboxylic acids is 2. The molecule has 3 rings (SSSR count). The van der Waals surface area contributed by atoms with Crippen molar-refractivity contribution in [2.45, 2.75) is 79.8 Å². The van der Waals surface area contributed by atoms with Crippen molar-refractivity contribution in [2.24, 2.45) is 13.0 Å². The Balaban J connectivity index is 0.000000470. The average molecular weight is 543 g/mol. The van der Waals surface area contributed by atoms with Gasteiger partial charge in [0.25, 0.3) is 5.91 Å². The summed E-state index contributed by atoms with van der Waals surface area (Å²) >= 11 is 1.35. The van der Waals surface area contributed by atoms with Gasteiger partial charge in [0.2, 0.25) is 5.91 Å². The SMILES string of the molecule is CC.CCCC(O)CCC(C)CC.Cc1cccc(-c2csc(NC(=O)CNC(=O)c3ccn(C)c3)n2)c1. The smallest absolute Gasteiger partial charge is 0.253 e. The second-order valence-corrected chi connectivity index (χ2v) is 10.1. The number of carbonyl (C=O) groups is 2. The van der Waals surface area contributed by atoms with Crippen LogP contribution >= 0.6 is 11.3 Å². The molecular weight excluding hydrogens is 496 g/mol. The summed E-state index contributed by atoms with van der Waals surface area (Å²) < 4.78 is 1.78. The Bertz CT molecular complexity index is 1090. The summed E-state index contributed by atoms with van der Waals surface area (Å²) in [7, 11) is 1.83. The Morgan fingerprint density at radius 2 is 1.87 bits per heavy atom. The lowest BCUT2D eigenvalue weighted by molar-refractivity contribution is -0.115. The molecule has 38 heavy (non-hydrogen) atoms. The van der Waals surface area contributed by atoms with Gasteiger partial charge >= 0.3 is 0 Å². The van der Waals surface area contributed by atoms with E-state index in [2.05, 4.69) is 36.4 Å². The highest BCUT2D eigenvalue weighted by Gasteiger charge is 2.11. The maximum atomic E-state index is 12.0. The van der Waals surface area contributed by atoms with E-state index in [-0.39, 0.29) is 24.5 Å². The number of hydrogen-bond donors (Lipinski definition) is 3. The molecule has 2 aromatic heterocycles. The Morgan fingerprint density at radius 1 is 1.13 bits per heavy atom. The molecule has 8 heteroatoms. The highest BCUT2D eigenvalue weighted by Crippen LogP contribution is 2.25.